The van der Waals surface area contributed by atoms with Gasteiger partial charge in [-0.2, -0.15) is 15.6 Å². The van der Waals surface area contributed by atoms with Gasteiger partial charge >= 0.3 is 0 Å². The number of hydrogen-bond donors (Lipinski definition) is 2. The molecule has 0 saturated heterocycles. The van der Waals surface area contributed by atoms with Crippen LogP contribution in [-0.4, -0.2) is 35.2 Å². The molecule has 2 aromatic carbocycles. The SMILES string of the molecule is Cc1c(C#N)cccc1-c1cc(-c2cn(Cc3n[nH]c4ccc(C#N)cc34)nn2)nc(N)n1. The average molecular weight is 432 g/mol. The molecule has 10 nitrogen and oxygen atoms in total. The van der Waals surface area contributed by atoms with E-state index in [2.05, 4.69) is 42.6 Å². The molecule has 0 aliphatic rings. The van der Waals surface area contributed by atoms with E-state index in [9.17, 15) is 10.5 Å². The largest absolute Gasteiger partial charge is 0.368 e. The Morgan fingerprint density at radius 1 is 1.03 bits per heavy atom. The molecular weight excluding hydrogens is 416 g/mol. The van der Waals surface area contributed by atoms with E-state index in [-0.39, 0.29) is 5.95 Å². The summed E-state index contributed by atoms with van der Waals surface area (Å²) in [6.07, 6.45) is 1.75. The summed E-state index contributed by atoms with van der Waals surface area (Å²) in [5.74, 6) is 0.0983. The number of rotatable bonds is 4. The van der Waals surface area contributed by atoms with Crippen LogP contribution in [0, 0.1) is 29.6 Å². The Morgan fingerprint density at radius 3 is 2.70 bits per heavy atom. The van der Waals surface area contributed by atoms with E-state index in [0.29, 0.717) is 34.8 Å². The van der Waals surface area contributed by atoms with Crippen molar-refractivity contribution in [2.24, 2.45) is 0 Å². The average Bonchev–Trinajstić information content (AvgIpc) is 3.46. The van der Waals surface area contributed by atoms with Crippen LogP contribution in [0.4, 0.5) is 5.95 Å². The summed E-state index contributed by atoms with van der Waals surface area (Å²) < 4.78 is 1.64. The molecule has 0 amide bonds. The summed E-state index contributed by atoms with van der Waals surface area (Å²) >= 11 is 0. The minimum absolute atomic E-state index is 0.0983. The van der Waals surface area contributed by atoms with Gasteiger partial charge in [0.1, 0.15) is 5.69 Å². The van der Waals surface area contributed by atoms with Gasteiger partial charge in [0, 0.05) is 10.9 Å². The van der Waals surface area contributed by atoms with Gasteiger partial charge in [0.05, 0.1) is 58.6 Å². The maximum atomic E-state index is 9.33. The van der Waals surface area contributed by atoms with Crippen LogP contribution < -0.4 is 5.73 Å². The fraction of sp³-hybridized carbons (Fsp3) is 0.0870. The fourth-order valence-corrected chi connectivity index (χ4v) is 3.67. The number of aromatic amines is 1. The predicted octanol–water partition coefficient (Wildman–Crippen LogP) is 2.96. The molecule has 0 fully saturated rings. The zero-order valence-corrected chi connectivity index (χ0v) is 17.5. The van der Waals surface area contributed by atoms with Gasteiger partial charge in [-0.25, -0.2) is 14.6 Å². The lowest BCUT2D eigenvalue weighted by Crippen LogP contribution is -2.01. The van der Waals surface area contributed by atoms with Crippen LogP contribution in [0.25, 0.3) is 33.5 Å². The summed E-state index contributed by atoms with van der Waals surface area (Å²) in [6.45, 7) is 2.23. The first-order valence-electron chi connectivity index (χ1n) is 9.98. The second-order valence-electron chi connectivity index (χ2n) is 7.43. The van der Waals surface area contributed by atoms with Gasteiger partial charge in [-0.15, -0.1) is 5.10 Å². The lowest BCUT2D eigenvalue weighted by Gasteiger charge is -2.08. The quantitative estimate of drug-likeness (QED) is 0.438. The van der Waals surface area contributed by atoms with E-state index in [1.54, 1.807) is 41.2 Å². The predicted molar refractivity (Wildman–Crippen MR) is 120 cm³/mol. The number of nitrogen functional groups attached to an aromatic ring is 1. The maximum Gasteiger partial charge on any atom is 0.221 e. The highest BCUT2D eigenvalue weighted by Gasteiger charge is 2.14. The number of aromatic nitrogens is 7. The molecule has 0 radical (unpaired) electrons. The highest BCUT2D eigenvalue weighted by molar-refractivity contribution is 5.82. The standard InChI is InChI=1S/C23H16N10/c1-13-15(10-25)3-2-4-16(13)19-8-20(28-23(26)27-19)22-12-33(32-31-22)11-21-17-7-14(9-24)5-6-18(17)29-30-21/h2-8,12H,11H2,1H3,(H,29,30)(H2,26,27,28). The molecule has 5 rings (SSSR count). The van der Waals surface area contributed by atoms with Crippen molar-refractivity contribution in [3.05, 3.63) is 71.0 Å². The number of hydrogen-bond acceptors (Lipinski definition) is 8. The first-order chi connectivity index (χ1) is 16.1. The first-order valence-corrected chi connectivity index (χ1v) is 9.98. The zero-order valence-electron chi connectivity index (χ0n) is 17.5. The van der Waals surface area contributed by atoms with E-state index in [4.69, 9.17) is 5.73 Å². The van der Waals surface area contributed by atoms with Crippen LogP contribution in [-0.2, 0) is 6.54 Å². The second-order valence-corrected chi connectivity index (χ2v) is 7.43. The van der Waals surface area contributed by atoms with Gasteiger partial charge in [0.15, 0.2) is 0 Å². The molecule has 3 aromatic heterocycles. The van der Waals surface area contributed by atoms with Crippen LogP contribution >= 0.6 is 0 Å². The van der Waals surface area contributed by atoms with Crippen molar-refractivity contribution in [3.63, 3.8) is 0 Å². The van der Waals surface area contributed by atoms with Crippen molar-refractivity contribution in [2.75, 3.05) is 5.73 Å². The summed E-state index contributed by atoms with van der Waals surface area (Å²) in [4.78, 5) is 8.66. The third-order valence-corrected chi connectivity index (χ3v) is 5.36. The maximum absolute atomic E-state index is 9.33. The minimum Gasteiger partial charge on any atom is -0.368 e. The van der Waals surface area contributed by atoms with Crippen LogP contribution in [0.3, 0.4) is 0 Å². The van der Waals surface area contributed by atoms with Crippen molar-refractivity contribution in [2.45, 2.75) is 13.5 Å². The molecule has 33 heavy (non-hydrogen) atoms. The molecule has 3 N–H and O–H groups in total. The van der Waals surface area contributed by atoms with Crippen molar-refractivity contribution in [1.82, 2.24) is 35.2 Å². The van der Waals surface area contributed by atoms with Crippen molar-refractivity contribution < 1.29 is 0 Å². The number of nitrogens with zero attached hydrogens (tertiary/aromatic N) is 8. The number of H-pyrrole nitrogens is 1. The van der Waals surface area contributed by atoms with Crippen molar-refractivity contribution >= 4 is 16.9 Å². The molecule has 0 saturated carbocycles. The van der Waals surface area contributed by atoms with Gasteiger partial charge in [-0.1, -0.05) is 17.3 Å². The van der Waals surface area contributed by atoms with Gasteiger partial charge in [0.25, 0.3) is 0 Å². The number of nitrogens with one attached hydrogen (secondary N) is 1. The van der Waals surface area contributed by atoms with E-state index >= 15 is 0 Å². The second kappa shape index (κ2) is 7.87. The Hall–Kier alpha value is -5.09. The lowest BCUT2D eigenvalue weighted by molar-refractivity contribution is 0.639. The highest BCUT2D eigenvalue weighted by Crippen LogP contribution is 2.27. The molecule has 3 heterocycles. The Kier molecular flexibility index (Phi) is 4.73. The Balaban J connectivity index is 1.49. The van der Waals surface area contributed by atoms with E-state index in [1.807, 2.05) is 19.1 Å². The fourth-order valence-electron chi connectivity index (χ4n) is 3.67. The summed E-state index contributed by atoms with van der Waals surface area (Å²) in [7, 11) is 0. The van der Waals surface area contributed by atoms with E-state index < -0.39 is 0 Å². The highest BCUT2D eigenvalue weighted by atomic mass is 15.4. The minimum atomic E-state index is 0.0983. The molecule has 0 unspecified atom stereocenters. The molecule has 5 aromatic rings. The first kappa shape index (κ1) is 19.8. The molecule has 0 atom stereocenters. The molecule has 10 heteroatoms. The van der Waals surface area contributed by atoms with E-state index in [0.717, 1.165) is 27.7 Å². The topological polar surface area (TPSA) is 159 Å². The third kappa shape index (κ3) is 3.62. The zero-order chi connectivity index (χ0) is 22.9. The van der Waals surface area contributed by atoms with Crippen LogP contribution in [0.1, 0.15) is 22.4 Å². The van der Waals surface area contributed by atoms with Gasteiger partial charge < -0.3 is 5.73 Å². The Bertz CT molecular complexity index is 1600. The van der Waals surface area contributed by atoms with Crippen molar-refractivity contribution in [3.8, 4) is 34.8 Å². The normalized spacial score (nSPS) is 10.8. The molecule has 0 aliphatic heterocycles. The van der Waals surface area contributed by atoms with Gasteiger partial charge in [0.2, 0.25) is 5.95 Å². The van der Waals surface area contributed by atoms with Gasteiger partial charge in [-0.3, -0.25) is 5.10 Å². The van der Waals surface area contributed by atoms with E-state index in [1.165, 1.54) is 0 Å². The Labute approximate surface area is 188 Å². The summed E-state index contributed by atoms with van der Waals surface area (Å²) in [5, 5.41) is 35.1. The van der Waals surface area contributed by atoms with Crippen LogP contribution in [0.2, 0.25) is 0 Å². The Morgan fingerprint density at radius 2 is 1.88 bits per heavy atom. The summed E-state index contributed by atoms with van der Waals surface area (Å²) in [5.41, 5.74) is 11.9. The number of nitriles is 2. The number of fused-ring (bicyclic) bond motifs is 1. The number of benzene rings is 2. The number of anilines is 1. The molecule has 0 bridgehead atoms. The third-order valence-electron chi connectivity index (χ3n) is 5.36. The van der Waals surface area contributed by atoms with Gasteiger partial charge in [-0.05, 0) is 42.8 Å². The number of nitrogens with two attached hydrogens (primary N) is 1. The van der Waals surface area contributed by atoms with Crippen molar-refractivity contribution in [1.29, 1.82) is 10.5 Å². The van der Waals surface area contributed by atoms with Crippen LogP contribution in [0.15, 0.2) is 48.7 Å². The smallest absolute Gasteiger partial charge is 0.221 e. The molecule has 158 valence electrons. The molecule has 0 spiro atoms. The molecule has 0 aliphatic carbocycles. The lowest BCUT2D eigenvalue weighted by atomic mass is 10.00. The summed E-state index contributed by atoms with van der Waals surface area (Å²) in [6, 6.07) is 16.9. The molecular formula is C23H16N10. The monoisotopic (exact) mass is 432 g/mol. The van der Waals surface area contributed by atoms with Crippen LogP contribution in [0.5, 0.6) is 0 Å².